The third-order valence-electron chi connectivity index (χ3n) is 6.52. The molecule has 1 aromatic heterocycles. The van der Waals surface area contributed by atoms with Gasteiger partial charge in [-0.25, -0.2) is 4.98 Å². The van der Waals surface area contributed by atoms with Gasteiger partial charge in [0.1, 0.15) is 16.5 Å². The highest BCUT2D eigenvalue weighted by Crippen LogP contribution is 2.29. The molecule has 0 aliphatic carbocycles. The first-order chi connectivity index (χ1) is 18.9. The molecular weight excluding hydrogens is 544 g/mol. The fraction of sp³-hybridized carbons (Fsp3) is 0.536. The van der Waals surface area contributed by atoms with Crippen LogP contribution in [0.3, 0.4) is 0 Å². The number of nitrogens with zero attached hydrogens (tertiary/aromatic N) is 1. The molecule has 9 nitrogen and oxygen atoms in total. The lowest BCUT2D eigenvalue weighted by molar-refractivity contribution is -0.144. The zero-order chi connectivity index (χ0) is 29.4. The summed E-state index contributed by atoms with van der Waals surface area (Å²) in [6.45, 7) is 3.46. The van der Waals surface area contributed by atoms with E-state index in [0.29, 0.717) is 11.4 Å². The summed E-state index contributed by atoms with van der Waals surface area (Å²) in [7, 11) is 0. The monoisotopic (exact) mass is 579 g/mol. The van der Waals surface area contributed by atoms with E-state index < -0.39 is 54.4 Å². The molecule has 0 bridgehead atoms. The maximum absolute atomic E-state index is 13.5. The molecule has 2 amide bonds. The van der Waals surface area contributed by atoms with E-state index in [-0.39, 0.29) is 36.0 Å². The van der Waals surface area contributed by atoms with Gasteiger partial charge in [-0.15, -0.1) is 11.3 Å². The molecule has 2 heterocycles. The van der Waals surface area contributed by atoms with E-state index in [9.17, 15) is 28.0 Å². The summed E-state index contributed by atoms with van der Waals surface area (Å²) in [6.07, 6.45) is 1.51. The number of carbonyl (C=O) groups excluding carboxylic acids is 4. The lowest BCUT2D eigenvalue weighted by Gasteiger charge is -2.25. The molecule has 1 aromatic carbocycles. The van der Waals surface area contributed by atoms with Crippen LogP contribution in [0.15, 0.2) is 36.5 Å². The summed E-state index contributed by atoms with van der Waals surface area (Å²) in [5, 5.41) is 5.88. The Morgan fingerprint density at radius 3 is 2.35 bits per heavy atom. The van der Waals surface area contributed by atoms with E-state index in [1.165, 1.54) is 6.20 Å². The first-order valence-corrected chi connectivity index (χ1v) is 13.9. The van der Waals surface area contributed by atoms with Crippen LogP contribution >= 0.6 is 11.3 Å². The van der Waals surface area contributed by atoms with Crippen LogP contribution in [0.2, 0.25) is 0 Å². The van der Waals surface area contributed by atoms with Gasteiger partial charge in [-0.2, -0.15) is 8.78 Å². The molecule has 0 unspecified atom stereocenters. The second kappa shape index (κ2) is 14.0. The average Bonchev–Trinajstić information content (AvgIpc) is 3.50. The highest BCUT2D eigenvalue weighted by Gasteiger charge is 2.50. The van der Waals surface area contributed by atoms with Crippen LogP contribution in [0.4, 0.5) is 8.78 Å². The second-order valence-electron chi connectivity index (χ2n) is 10.5. The van der Waals surface area contributed by atoms with Gasteiger partial charge in [-0.05, 0) is 38.2 Å². The number of nitrogens with one attached hydrogen (secondary N) is 2. The number of thiazole rings is 1. The largest absolute Gasteiger partial charge is 0.361 e. The Balaban J connectivity index is 1.76. The van der Waals surface area contributed by atoms with Crippen LogP contribution in [-0.4, -0.2) is 65.9 Å². The molecule has 218 valence electrons. The molecule has 4 atom stereocenters. The molecule has 1 saturated heterocycles. The molecule has 3 rings (SSSR count). The molecule has 2 N–H and O–H groups in total. The highest BCUT2D eigenvalue weighted by molar-refractivity contribution is 7.13. The number of ether oxygens (including phenoxy) is 2. The maximum atomic E-state index is 13.5. The molecule has 12 heteroatoms. The molecular formula is C28H35F2N3O6S. The fourth-order valence-corrected chi connectivity index (χ4v) is 4.97. The summed E-state index contributed by atoms with van der Waals surface area (Å²) in [5.74, 6) is -2.95. The minimum absolute atomic E-state index is 0.00151. The van der Waals surface area contributed by atoms with Gasteiger partial charge in [0.2, 0.25) is 5.91 Å². The van der Waals surface area contributed by atoms with Gasteiger partial charge in [0.25, 0.3) is 5.91 Å². The van der Waals surface area contributed by atoms with Gasteiger partial charge in [-0.3, -0.25) is 19.2 Å². The summed E-state index contributed by atoms with van der Waals surface area (Å²) in [5.41, 5.74) is -0.139. The Kier molecular flexibility index (Phi) is 11.0. The Labute approximate surface area is 236 Å². The van der Waals surface area contributed by atoms with Gasteiger partial charge in [-0.1, -0.05) is 44.2 Å². The van der Waals surface area contributed by atoms with Crippen LogP contribution in [-0.2, 0) is 30.3 Å². The number of hydrogen-bond acceptors (Lipinski definition) is 8. The number of aromatic nitrogens is 1. The van der Waals surface area contributed by atoms with Crippen molar-refractivity contribution in [3.05, 3.63) is 52.0 Å². The minimum Gasteiger partial charge on any atom is -0.361 e. The number of aryl methyl sites for hydroxylation is 1. The summed E-state index contributed by atoms with van der Waals surface area (Å²) in [4.78, 5) is 56.8. The number of ketones is 2. The molecule has 1 fully saturated rings. The predicted molar refractivity (Wildman–Crippen MR) is 144 cm³/mol. The predicted octanol–water partition coefficient (Wildman–Crippen LogP) is 3.50. The van der Waals surface area contributed by atoms with Crippen molar-refractivity contribution in [2.45, 2.75) is 71.3 Å². The van der Waals surface area contributed by atoms with Crippen LogP contribution < -0.4 is 10.6 Å². The number of benzene rings is 1. The van der Waals surface area contributed by atoms with Crippen molar-refractivity contribution in [3.63, 3.8) is 0 Å². The van der Waals surface area contributed by atoms with Crippen molar-refractivity contribution in [1.29, 1.82) is 0 Å². The quantitative estimate of drug-likeness (QED) is 0.292. The van der Waals surface area contributed by atoms with Crippen molar-refractivity contribution in [2.75, 3.05) is 13.2 Å². The minimum atomic E-state index is -3.15. The standard InChI is InChI=1S/C28H35F2N3O6S/c1-16(2)10-19(12-22(34)21(14-38-27(29)30)33-26(37)23-13-31-17(3)40-23)25(36)32-20(24(35)28(4)15-39-28)11-18-8-6-5-7-9-18/h5-9,13,16,19-21,27H,10-12,14-15H2,1-4H3,(H,32,36)(H,33,37)/t19-,20+,21+,28-/m1/s1. The van der Waals surface area contributed by atoms with Crippen LogP contribution in [0.1, 0.15) is 53.9 Å². The van der Waals surface area contributed by atoms with E-state index in [2.05, 4.69) is 20.4 Å². The lowest BCUT2D eigenvalue weighted by atomic mass is 9.88. The van der Waals surface area contributed by atoms with Crippen LogP contribution in [0, 0.1) is 18.8 Å². The van der Waals surface area contributed by atoms with Crippen molar-refractivity contribution in [1.82, 2.24) is 15.6 Å². The number of halogens is 2. The number of Topliss-reactive ketones (excluding diaryl/α,β-unsaturated/α-hetero) is 2. The second-order valence-corrected chi connectivity index (χ2v) is 11.7. The zero-order valence-electron chi connectivity index (χ0n) is 22.9. The molecule has 2 aromatic rings. The van der Waals surface area contributed by atoms with Crippen molar-refractivity contribution >= 4 is 34.7 Å². The van der Waals surface area contributed by atoms with Gasteiger partial charge in [0.15, 0.2) is 11.6 Å². The number of epoxide rings is 1. The number of amides is 2. The Morgan fingerprint density at radius 1 is 1.12 bits per heavy atom. The van der Waals surface area contributed by atoms with Crippen LogP contribution in [0.5, 0.6) is 0 Å². The summed E-state index contributed by atoms with van der Waals surface area (Å²) < 4.78 is 35.3. The molecule has 0 saturated carbocycles. The Bertz CT molecular complexity index is 1190. The fourth-order valence-electron chi connectivity index (χ4n) is 4.28. The van der Waals surface area contributed by atoms with E-state index in [0.717, 1.165) is 16.9 Å². The lowest BCUT2D eigenvalue weighted by Crippen LogP contribution is -2.50. The normalized spacial score (nSPS) is 18.7. The number of hydrogen-bond donors (Lipinski definition) is 2. The topological polar surface area (TPSA) is 127 Å². The van der Waals surface area contributed by atoms with Gasteiger partial charge < -0.3 is 20.1 Å². The molecule has 1 aliphatic heterocycles. The number of carbonyl (C=O) groups is 4. The highest BCUT2D eigenvalue weighted by atomic mass is 32.1. The molecule has 40 heavy (non-hydrogen) atoms. The first-order valence-electron chi connectivity index (χ1n) is 13.1. The summed E-state index contributed by atoms with van der Waals surface area (Å²) in [6, 6.07) is 6.90. The van der Waals surface area contributed by atoms with Crippen molar-refractivity contribution in [3.8, 4) is 0 Å². The van der Waals surface area contributed by atoms with Gasteiger partial charge >= 0.3 is 6.61 Å². The summed E-state index contributed by atoms with van der Waals surface area (Å²) >= 11 is 1.09. The van der Waals surface area contributed by atoms with Gasteiger partial charge in [0, 0.05) is 12.3 Å². The smallest absolute Gasteiger partial charge is 0.345 e. The third kappa shape index (κ3) is 9.24. The SMILES string of the molecule is Cc1ncc(C(=O)N[C@@H](COC(F)F)C(=O)C[C@@H](CC(C)C)C(=O)N[C@@H](Cc2ccccc2)C(=O)[C@@]2(C)CO2)s1. The Morgan fingerprint density at radius 2 is 1.80 bits per heavy atom. The number of alkyl halides is 2. The average molecular weight is 580 g/mol. The molecule has 1 aliphatic rings. The number of rotatable bonds is 16. The maximum Gasteiger partial charge on any atom is 0.345 e. The molecule has 0 radical (unpaired) electrons. The van der Waals surface area contributed by atoms with E-state index in [1.54, 1.807) is 13.8 Å². The van der Waals surface area contributed by atoms with E-state index in [4.69, 9.17) is 4.74 Å². The van der Waals surface area contributed by atoms with E-state index >= 15 is 0 Å². The Hall–Kier alpha value is -3.09. The molecule has 0 spiro atoms. The van der Waals surface area contributed by atoms with E-state index in [1.807, 2.05) is 44.2 Å². The first kappa shape index (κ1) is 31.4. The van der Waals surface area contributed by atoms with Crippen molar-refractivity contribution < 1.29 is 37.4 Å². The van der Waals surface area contributed by atoms with Crippen molar-refractivity contribution in [2.24, 2.45) is 11.8 Å². The van der Waals surface area contributed by atoms with Gasteiger partial charge in [0.05, 0.1) is 30.5 Å². The zero-order valence-corrected chi connectivity index (χ0v) is 23.8. The third-order valence-corrected chi connectivity index (χ3v) is 7.43. The van der Waals surface area contributed by atoms with Crippen LogP contribution in [0.25, 0.3) is 0 Å².